The van der Waals surface area contributed by atoms with Gasteiger partial charge in [0, 0.05) is 6.20 Å². The Morgan fingerprint density at radius 3 is 2.61 bits per heavy atom. The summed E-state index contributed by atoms with van der Waals surface area (Å²) in [5, 5.41) is 0. The van der Waals surface area contributed by atoms with Gasteiger partial charge in [0.1, 0.15) is 11.2 Å². The first-order valence-electron chi connectivity index (χ1n) is 5.23. The van der Waals surface area contributed by atoms with Gasteiger partial charge in [-0.3, -0.25) is 0 Å². The van der Waals surface area contributed by atoms with Gasteiger partial charge in [-0.05, 0) is 26.8 Å². The van der Waals surface area contributed by atoms with Crippen LogP contribution >= 0.6 is 0 Å². The molecule has 0 aliphatic heterocycles. The maximum absolute atomic E-state index is 11.6. The molecule has 18 heavy (non-hydrogen) atoms. The summed E-state index contributed by atoms with van der Waals surface area (Å²) in [6.45, 7) is 5.40. The Kier molecular flexibility index (Phi) is 4.18. The fourth-order valence-electron chi connectivity index (χ4n) is 1.24. The molecule has 0 amide bonds. The fourth-order valence-corrected chi connectivity index (χ4v) is 1.24. The average molecular weight is 250 g/mol. The van der Waals surface area contributed by atoms with Crippen molar-refractivity contribution in [3.8, 4) is 5.75 Å². The van der Waals surface area contributed by atoms with Gasteiger partial charge in [0.05, 0.1) is 7.11 Å². The van der Waals surface area contributed by atoms with Crippen LogP contribution < -0.4 is 4.74 Å². The topological polar surface area (TPSA) is 77.9 Å². The third-order valence-corrected chi connectivity index (χ3v) is 1.85. The fraction of sp³-hybridized carbons (Fsp3) is 0.417. The van der Waals surface area contributed by atoms with E-state index < -0.39 is 11.6 Å². The summed E-state index contributed by atoms with van der Waals surface area (Å²) < 4.78 is 10.2. The lowest BCUT2D eigenvalue weighted by Crippen LogP contribution is -2.24. The van der Waals surface area contributed by atoms with Gasteiger partial charge in [0.25, 0.3) is 0 Å². The highest BCUT2D eigenvalue weighted by Gasteiger charge is 2.23. The van der Waals surface area contributed by atoms with Crippen LogP contribution in [0.25, 0.3) is 0 Å². The molecule has 0 atom stereocenters. The number of isocyanates is 1. The number of hydrogen-bond acceptors (Lipinski definition) is 6. The summed E-state index contributed by atoms with van der Waals surface area (Å²) in [5.41, 5.74) is -0.407. The lowest BCUT2D eigenvalue weighted by Gasteiger charge is -2.22. The van der Waals surface area contributed by atoms with Gasteiger partial charge in [-0.2, -0.15) is 0 Å². The van der Waals surface area contributed by atoms with Crippen LogP contribution in [0.1, 0.15) is 31.1 Å². The molecule has 0 bridgehead atoms. The van der Waals surface area contributed by atoms with Crippen LogP contribution in [-0.4, -0.2) is 29.7 Å². The molecule has 1 aromatic rings. The second kappa shape index (κ2) is 5.42. The second-order valence-electron chi connectivity index (χ2n) is 4.42. The number of rotatable bonds is 3. The van der Waals surface area contributed by atoms with Crippen LogP contribution in [0.4, 0.5) is 5.82 Å². The number of methoxy groups -OCH3 is 1. The van der Waals surface area contributed by atoms with Crippen LogP contribution in [-0.2, 0) is 9.53 Å². The summed E-state index contributed by atoms with van der Waals surface area (Å²) >= 11 is 0. The van der Waals surface area contributed by atoms with E-state index in [1.54, 1.807) is 20.8 Å². The lowest BCUT2D eigenvalue weighted by atomic mass is 10.1. The van der Waals surface area contributed by atoms with Crippen LogP contribution in [0, 0.1) is 0 Å². The number of pyridine rings is 1. The largest absolute Gasteiger partial charge is 0.483 e. The van der Waals surface area contributed by atoms with E-state index in [9.17, 15) is 9.59 Å². The number of aromatic nitrogens is 1. The zero-order valence-corrected chi connectivity index (χ0v) is 10.7. The Balaban J connectivity index is 3.38. The molecule has 0 aliphatic rings. The first kappa shape index (κ1) is 13.9. The minimum Gasteiger partial charge on any atom is -0.483 e. The van der Waals surface area contributed by atoms with Crippen molar-refractivity contribution in [3.05, 3.63) is 17.8 Å². The summed E-state index contributed by atoms with van der Waals surface area (Å²) in [7, 11) is 1.26. The summed E-state index contributed by atoms with van der Waals surface area (Å²) in [5.74, 6) is -0.470. The van der Waals surface area contributed by atoms with E-state index in [1.165, 1.54) is 25.5 Å². The van der Waals surface area contributed by atoms with Crippen LogP contribution in [0.15, 0.2) is 17.3 Å². The highest BCUT2D eigenvalue weighted by Crippen LogP contribution is 2.32. The van der Waals surface area contributed by atoms with Crippen molar-refractivity contribution < 1.29 is 19.1 Å². The van der Waals surface area contributed by atoms with Gasteiger partial charge in [-0.25, -0.2) is 14.6 Å². The maximum atomic E-state index is 11.6. The molecule has 1 rings (SSSR count). The molecule has 0 aromatic carbocycles. The Morgan fingerprint density at radius 2 is 2.11 bits per heavy atom. The molecule has 0 aliphatic carbocycles. The van der Waals surface area contributed by atoms with Crippen molar-refractivity contribution in [2.75, 3.05) is 7.11 Å². The number of esters is 1. The van der Waals surface area contributed by atoms with Gasteiger partial charge in [0.15, 0.2) is 5.75 Å². The predicted molar refractivity (Wildman–Crippen MR) is 63.7 cm³/mol. The Bertz CT molecular complexity index is 499. The standard InChI is InChI=1S/C12H14N2O4/c1-12(2,3)18-9-8(11(16)17-4)5-6-13-10(9)14-7-15/h5-6H,1-4H3. The van der Waals surface area contributed by atoms with Crippen molar-refractivity contribution in [2.24, 2.45) is 4.99 Å². The molecule has 1 heterocycles. The van der Waals surface area contributed by atoms with Crippen molar-refractivity contribution >= 4 is 17.9 Å². The molecule has 6 heteroatoms. The molecule has 0 unspecified atom stereocenters. The van der Waals surface area contributed by atoms with Gasteiger partial charge < -0.3 is 9.47 Å². The maximum Gasteiger partial charge on any atom is 0.341 e. The van der Waals surface area contributed by atoms with Crippen molar-refractivity contribution in [1.29, 1.82) is 0 Å². The summed E-state index contributed by atoms with van der Waals surface area (Å²) in [4.78, 5) is 29.2. The molecule has 0 saturated heterocycles. The summed E-state index contributed by atoms with van der Waals surface area (Å²) in [6.07, 6.45) is 2.72. The normalized spacial score (nSPS) is 10.4. The number of ether oxygens (including phenoxy) is 2. The Morgan fingerprint density at radius 1 is 1.44 bits per heavy atom. The van der Waals surface area contributed by atoms with E-state index in [4.69, 9.17) is 4.74 Å². The van der Waals surface area contributed by atoms with Gasteiger partial charge >= 0.3 is 5.97 Å². The van der Waals surface area contributed by atoms with Gasteiger partial charge in [-0.15, -0.1) is 4.99 Å². The molecule has 0 spiro atoms. The number of aliphatic imine (C=N–C) groups is 1. The van der Waals surface area contributed by atoms with E-state index in [0.29, 0.717) is 0 Å². The molecule has 6 nitrogen and oxygen atoms in total. The number of carbonyl (C=O) groups excluding carboxylic acids is 2. The highest BCUT2D eigenvalue weighted by atomic mass is 16.5. The summed E-state index contributed by atoms with van der Waals surface area (Å²) in [6, 6.07) is 1.44. The first-order valence-corrected chi connectivity index (χ1v) is 5.23. The average Bonchev–Trinajstić information content (AvgIpc) is 2.29. The van der Waals surface area contributed by atoms with E-state index in [1.807, 2.05) is 0 Å². The zero-order chi connectivity index (χ0) is 13.8. The number of nitrogens with zero attached hydrogens (tertiary/aromatic N) is 2. The molecule has 0 saturated carbocycles. The van der Waals surface area contributed by atoms with Gasteiger partial charge in [-0.1, -0.05) is 0 Å². The van der Waals surface area contributed by atoms with Crippen molar-refractivity contribution in [2.45, 2.75) is 26.4 Å². The first-order chi connectivity index (χ1) is 8.39. The van der Waals surface area contributed by atoms with E-state index in [-0.39, 0.29) is 17.1 Å². The molecule has 96 valence electrons. The highest BCUT2D eigenvalue weighted by molar-refractivity contribution is 5.94. The van der Waals surface area contributed by atoms with Crippen LogP contribution in [0.3, 0.4) is 0 Å². The minimum atomic E-state index is -0.584. The molecular weight excluding hydrogens is 236 g/mol. The molecule has 1 aromatic heterocycles. The van der Waals surface area contributed by atoms with E-state index >= 15 is 0 Å². The van der Waals surface area contributed by atoms with E-state index in [2.05, 4.69) is 14.7 Å². The van der Waals surface area contributed by atoms with Crippen molar-refractivity contribution in [1.82, 2.24) is 4.98 Å². The second-order valence-corrected chi connectivity index (χ2v) is 4.42. The number of carbonyl (C=O) groups is 1. The number of hydrogen-bond donors (Lipinski definition) is 0. The van der Waals surface area contributed by atoms with Crippen molar-refractivity contribution in [3.63, 3.8) is 0 Å². The minimum absolute atomic E-state index is 0.00262. The molecular formula is C12H14N2O4. The third-order valence-electron chi connectivity index (χ3n) is 1.85. The quantitative estimate of drug-likeness (QED) is 0.466. The zero-order valence-electron chi connectivity index (χ0n) is 10.7. The lowest BCUT2D eigenvalue weighted by molar-refractivity contribution is 0.0586. The smallest absolute Gasteiger partial charge is 0.341 e. The molecule has 0 radical (unpaired) electrons. The van der Waals surface area contributed by atoms with E-state index in [0.717, 1.165) is 0 Å². The van der Waals surface area contributed by atoms with Crippen LogP contribution in [0.2, 0.25) is 0 Å². The molecule has 0 N–H and O–H groups in total. The Labute approximate surface area is 105 Å². The van der Waals surface area contributed by atoms with Gasteiger partial charge in [0.2, 0.25) is 11.9 Å². The Hall–Kier alpha value is -2.20. The predicted octanol–water partition coefficient (Wildman–Crippen LogP) is 2.01. The monoisotopic (exact) mass is 250 g/mol. The van der Waals surface area contributed by atoms with Crippen LogP contribution in [0.5, 0.6) is 5.75 Å². The molecule has 0 fully saturated rings. The SMILES string of the molecule is COC(=O)c1ccnc(N=C=O)c1OC(C)(C)C. The third kappa shape index (κ3) is 3.40.